The van der Waals surface area contributed by atoms with Crippen molar-refractivity contribution in [3.8, 4) is 0 Å². The number of rotatable bonds is 5. The molecule has 2 aromatic rings. The summed E-state index contributed by atoms with van der Waals surface area (Å²) in [6, 6.07) is 19.9. The number of hydrogen-bond donors (Lipinski definition) is 2. The second-order valence-electron chi connectivity index (χ2n) is 5.67. The van der Waals surface area contributed by atoms with Crippen molar-refractivity contribution in [3.05, 3.63) is 60.7 Å². The van der Waals surface area contributed by atoms with Gasteiger partial charge in [0.1, 0.15) is 5.60 Å². The number of carbonyl (C=O) groups excluding carboxylic acids is 1. The summed E-state index contributed by atoms with van der Waals surface area (Å²) in [4.78, 5) is 11.1. The van der Waals surface area contributed by atoms with Crippen LogP contribution >= 0.6 is 0 Å². The summed E-state index contributed by atoms with van der Waals surface area (Å²) in [5, 5.41) is 14.4. The number of nitrogens with zero attached hydrogens (tertiary/aromatic N) is 2. The summed E-state index contributed by atoms with van der Waals surface area (Å²) in [5.74, 6) is -0.479. The molecule has 22 heavy (non-hydrogen) atoms. The highest BCUT2D eigenvalue weighted by molar-refractivity contribution is 5.75. The topological polar surface area (TPSA) is 69.8 Å². The Balaban J connectivity index is 1.84. The molecule has 1 fully saturated rings. The second kappa shape index (κ2) is 5.79. The molecule has 114 valence electrons. The number of primary amides is 1. The summed E-state index contributed by atoms with van der Waals surface area (Å²) in [6.07, 6.45) is -0.0130. The lowest BCUT2D eigenvalue weighted by Crippen LogP contribution is -2.67. The molecule has 0 saturated carbocycles. The molecule has 0 atom stereocenters. The zero-order chi connectivity index (χ0) is 15.6. The molecule has 0 radical (unpaired) electrons. The highest BCUT2D eigenvalue weighted by Gasteiger charge is 2.45. The third-order valence-corrected chi connectivity index (χ3v) is 3.74. The molecule has 0 aliphatic carbocycles. The van der Waals surface area contributed by atoms with Crippen molar-refractivity contribution >= 4 is 17.3 Å². The number of nitrogens with two attached hydrogens (primary N) is 1. The first-order valence-electron chi connectivity index (χ1n) is 7.23. The molecule has 5 nitrogen and oxygen atoms in total. The predicted molar refractivity (Wildman–Crippen MR) is 85.4 cm³/mol. The Morgan fingerprint density at radius 2 is 1.50 bits per heavy atom. The maximum atomic E-state index is 11.1. The van der Waals surface area contributed by atoms with Gasteiger partial charge in [-0.2, -0.15) is 0 Å². The molecule has 1 saturated heterocycles. The highest BCUT2D eigenvalue weighted by atomic mass is 16.3. The monoisotopic (exact) mass is 297 g/mol. The van der Waals surface area contributed by atoms with Gasteiger partial charge >= 0.3 is 0 Å². The number of hydrazine groups is 1. The zero-order valence-corrected chi connectivity index (χ0v) is 12.2. The lowest BCUT2D eigenvalue weighted by molar-refractivity contribution is -0.136. The van der Waals surface area contributed by atoms with Crippen molar-refractivity contribution in [3.63, 3.8) is 0 Å². The van der Waals surface area contributed by atoms with Crippen molar-refractivity contribution < 1.29 is 9.90 Å². The van der Waals surface area contributed by atoms with E-state index in [0.29, 0.717) is 13.1 Å². The second-order valence-corrected chi connectivity index (χ2v) is 5.67. The van der Waals surface area contributed by atoms with E-state index in [1.165, 1.54) is 0 Å². The normalized spacial score (nSPS) is 16.8. The highest BCUT2D eigenvalue weighted by Crippen LogP contribution is 2.34. The first-order valence-corrected chi connectivity index (χ1v) is 7.23. The number of para-hydroxylation sites is 2. The smallest absolute Gasteiger partial charge is 0.220 e. The molecule has 0 aromatic heterocycles. The summed E-state index contributed by atoms with van der Waals surface area (Å²) in [6.45, 7) is 0.749. The Hall–Kier alpha value is -2.37. The molecule has 1 heterocycles. The minimum Gasteiger partial charge on any atom is -0.387 e. The van der Waals surface area contributed by atoms with E-state index in [9.17, 15) is 9.90 Å². The van der Waals surface area contributed by atoms with Gasteiger partial charge in [-0.25, -0.2) is 5.01 Å². The Kier molecular flexibility index (Phi) is 3.83. The number of carbonyl (C=O) groups is 1. The van der Waals surface area contributed by atoms with Crippen LogP contribution in [-0.4, -0.2) is 34.7 Å². The van der Waals surface area contributed by atoms with Crippen LogP contribution in [0.1, 0.15) is 6.42 Å². The van der Waals surface area contributed by atoms with E-state index in [1.54, 1.807) is 0 Å². The Morgan fingerprint density at radius 3 is 1.91 bits per heavy atom. The van der Waals surface area contributed by atoms with Crippen molar-refractivity contribution in [2.24, 2.45) is 5.73 Å². The van der Waals surface area contributed by atoms with E-state index >= 15 is 0 Å². The third-order valence-electron chi connectivity index (χ3n) is 3.74. The van der Waals surface area contributed by atoms with Gasteiger partial charge in [-0.05, 0) is 24.3 Å². The van der Waals surface area contributed by atoms with E-state index in [4.69, 9.17) is 5.73 Å². The maximum Gasteiger partial charge on any atom is 0.220 e. The lowest BCUT2D eigenvalue weighted by Gasteiger charge is -2.51. The van der Waals surface area contributed by atoms with Gasteiger partial charge in [0.15, 0.2) is 0 Å². The van der Waals surface area contributed by atoms with Crippen LogP contribution in [0.4, 0.5) is 11.4 Å². The average molecular weight is 297 g/mol. The summed E-state index contributed by atoms with van der Waals surface area (Å²) in [7, 11) is 0. The first kappa shape index (κ1) is 14.6. The van der Waals surface area contributed by atoms with Crippen LogP contribution < -0.4 is 10.7 Å². The predicted octanol–water partition coefficient (Wildman–Crippen LogP) is 1.66. The number of anilines is 2. The van der Waals surface area contributed by atoms with Gasteiger partial charge in [-0.1, -0.05) is 36.4 Å². The van der Waals surface area contributed by atoms with Crippen LogP contribution in [0.5, 0.6) is 0 Å². The number of β-amino-alcohol motifs (C(OH)–C–C–N with tert-alkyl or cyclic N) is 1. The molecule has 0 spiro atoms. The van der Waals surface area contributed by atoms with Crippen LogP contribution in [0.3, 0.4) is 0 Å². The molecule has 1 amide bonds. The van der Waals surface area contributed by atoms with Gasteiger partial charge < -0.3 is 10.8 Å². The van der Waals surface area contributed by atoms with Gasteiger partial charge in [0.05, 0.1) is 17.8 Å². The molecule has 3 rings (SSSR count). The van der Waals surface area contributed by atoms with Crippen molar-refractivity contribution in [2.75, 3.05) is 18.1 Å². The fourth-order valence-electron chi connectivity index (χ4n) is 2.82. The van der Waals surface area contributed by atoms with Gasteiger partial charge in [-0.15, -0.1) is 0 Å². The van der Waals surface area contributed by atoms with Crippen LogP contribution in [0.25, 0.3) is 0 Å². The van der Waals surface area contributed by atoms with E-state index in [0.717, 1.165) is 11.4 Å². The summed E-state index contributed by atoms with van der Waals surface area (Å²) in [5.41, 5.74) is 6.18. The Morgan fingerprint density at radius 1 is 1.05 bits per heavy atom. The largest absolute Gasteiger partial charge is 0.387 e. The van der Waals surface area contributed by atoms with E-state index in [-0.39, 0.29) is 6.42 Å². The fourth-order valence-corrected chi connectivity index (χ4v) is 2.82. The molecular formula is C17H19N3O2. The average Bonchev–Trinajstić information content (AvgIpc) is 2.47. The van der Waals surface area contributed by atoms with Crippen LogP contribution in [0.2, 0.25) is 0 Å². The fraction of sp³-hybridized carbons (Fsp3) is 0.235. The Bertz CT molecular complexity index is 600. The zero-order valence-electron chi connectivity index (χ0n) is 12.2. The molecule has 1 aliphatic rings. The van der Waals surface area contributed by atoms with Gasteiger partial charge in [0, 0.05) is 13.1 Å². The van der Waals surface area contributed by atoms with E-state index in [2.05, 4.69) is 5.01 Å². The number of benzene rings is 2. The molecule has 5 heteroatoms. The van der Waals surface area contributed by atoms with Gasteiger partial charge in [0.2, 0.25) is 5.91 Å². The quantitative estimate of drug-likeness (QED) is 0.880. The van der Waals surface area contributed by atoms with Crippen LogP contribution in [-0.2, 0) is 4.79 Å². The molecule has 0 bridgehead atoms. The molecular weight excluding hydrogens is 278 g/mol. The van der Waals surface area contributed by atoms with E-state index < -0.39 is 11.5 Å². The minimum atomic E-state index is -1.03. The van der Waals surface area contributed by atoms with Crippen molar-refractivity contribution in [1.29, 1.82) is 0 Å². The van der Waals surface area contributed by atoms with Crippen LogP contribution in [0, 0.1) is 0 Å². The third kappa shape index (κ3) is 2.95. The summed E-state index contributed by atoms with van der Waals surface area (Å²) < 4.78 is 0. The van der Waals surface area contributed by atoms with Crippen molar-refractivity contribution in [1.82, 2.24) is 5.01 Å². The van der Waals surface area contributed by atoms with E-state index in [1.807, 2.05) is 65.7 Å². The van der Waals surface area contributed by atoms with Gasteiger partial charge in [0.25, 0.3) is 0 Å². The Labute approximate surface area is 129 Å². The molecule has 0 unspecified atom stereocenters. The number of hydrogen-bond acceptors (Lipinski definition) is 4. The number of aliphatic hydroxyl groups is 1. The standard InChI is InChI=1S/C17H19N3O2/c18-16(21)11-17(22)12-19(13-17)20(14-7-3-1-4-8-14)15-9-5-2-6-10-15/h1-10,22H,11-13H2,(H2,18,21). The first-order chi connectivity index (χ1) is 10.6. The number of amides is 1. The van der Waals surface area contributed by atoms with Crippen LogP contribution in [0.15, 0.2) is 60.7 Å². The molecule has 2 aromatic carbocycles. The van der Waals surface area contributed by atoms with Gasteiger partial charge in [-0.3, -0.25) is 9.80 Å². The molecule has 1 aliphatic heterocycles. The molecule has 3 N–H and O–H groups in total. The lowest BCUT2D eigenvalue weighted by atomic mass is 9.91. The van der Waals surface area contributed by atoms with Crippen molar-refractivity contribution in [2.45, 2.75) is 12.0 Å². The SMILES string of the molecule is NC(=O)CC1(O)CN(N(c2ccccc2)c2ccccc2)C1. The summed E-state index contributed by atoms with van der Waals surface area (Å²) >= 11 is 0. The maximum absolute atomic E-state index is 11.1. The minimum absolute atomic E-state index is 0.0130.